The number of rotatable bonds is 2. The molecule has 0 atom stereocenters. The molecule has 2 heterocycles. The van der Waals surface area contributed by atoms with Crippen LogP contribution < -0.4 is 5.32 Å². The Morgan fingerprint density at radius 2 is 1.38 bits per heavy atom. The third-order valence-corrected chi connectivity index (χ3v) is 5.59. The van der Waals surface area contributed by atoms with Crippen molar-refractivity contribution in [3.05, 3.63) is 0 Å². The summed E-state index contributed by atoms with van der Waals surface area (Å²) < 4.78 is 0. The lowest BCUT2D eigenvalue weighted by molar-refractivity contribution is 0.118. The van der Waals surface area contributed by atoms with Gasteiger partial charge in [-0.2, -0.15) is 0 Å². The highest BCUT2D eigenvalue weighted by Crippen LogP contribution is 2.22. The summed E-state index contributed by atoms with van der Waals surface area (Å²) in [7, 11) is 0. The standard InChI is InChI=1S/C17H31N3O/c21-17(18-15-7-3-4-8-15)20-13-9-16(10-14-20)19-11-5-1-2-6-12-19/h15-16H,1-14H2,(H,18,21). The van der Waals surface area contributed by atoms with Crippen LogP contribution in [0.3, 0.4) is 0 Å². The van der Waals surface area contributed by atoms with Crippen LogP contribution >= 0.6 is 0 Å². The predicted molar refractivity (Wildman–Crippen MR) is 85.4 cm³/mol. The first kappa shape index (κ1) is 15.1. The molecule has 0 aromatic heterocycles. The average Bonchev–Trinajstić information content (AvgIpc) is 2.87. The Labute approximate surface area is 129 Å². The van der Waals surface area contributed by atoms with E-state index in [1.54, 1.807) is 0 Å². The molecule has 1 N–H and O–H groups in total. The molecule has 21 heavy (non-hydrogen) atoms. The number of likely N-dealkylation sites (tertiary alicyclic amines) is 2. The lowest BCUT2D eigenvalue weighted by Gasteiger charge is -2.38. The molecule has 0 spiro atoms. The molecule has 3 fully saturated rings. The summed E-state index contributed by atoms with van der Waals surface area (Å²) in [4.78, 5) is 17.0. The second-order valence-corrected chi connectivity index (χ2v) is 7.10. The van der Waals surface area contributed by atoms with Crippen LogP contribution in [-0.4, -0.2) is 54.1 Å². The maximum Gasteiger partial charge on any atom is 0.317 e. The number of hydrogen-bond donors (Lipinski definition) is 1. The van der Waals surface area contributed by atoms with Gasteiger partial charge in [0, 0.05) is 25.2 Å². The van der Waals surface area contributed by atoms with Crippen molar-refractivity contribution in [1.29, 1.82) is 0 Å². The number of piperidine rings is 1. The Morgan fingerprint density at radius 3 is 2.00 bits per heavy atom. The fourth-order valence-electron chi connectivity index (χ4n) is 4.23. The zero-order chi connectivity index (χ0) is 14.5. The van der Waals surface area contributed by atoms with Crippen molar-refractivity contribution in [1.82, 2.24) is 15.1 Å². The summed E-state index contributed by atoms with van der Waals surface area (Å²) in [6.07, 6.45) is 12.8. The number of carbonyl (C=O) groups is 1. The fourth-order valence-corrected chi connectivity index (χ4v) is 4.23. The molecule has 0 bridgehead atoms. The first-order chi connectivity index (χ1) is 10.3. The van der Waals surface area contributed by atoms with Gasteiger partial charge in [0.05, 0.1) is 0 Å². The van der Waals surface area contributed by atoms with Gasteiger partial charge in [0.25, 0.3) is 0 Å². The zero-order valence-corrected chi connectivity index (χ0v) is 13.4. The van der Waals surface area contributed by atoms with Crippen molar-refractivity contribution in [2.45, 2.75) is 76.3 Å². The van der Waals surface area contributed by atoms with E-state index in [1.807, 2.05) is 4.90 Å². The molecule has 2 saturated heterocycles. The summed E-state index contributed by atoms with van der Waals surface area (Å²) in [5.41, 5.74) is 0. The smallest absolute Gasteiger partial charge is 0.317 e. The summed E-state index contributed by atoms with van der Waals surface area (Å²) in [5, 5.41) is 3.23. The number of urea groups is 1. The van der Waals surface area contributed by atoms with Gasteiger partial charge in [0.1, 0.15) is 0 Å². The molecular weight excluding hydrogens is 262 g/mol. The molecule has 2 amide bonds. The van der Waals surface area contributed by atoms with Gasteiger partial charge in [0.15, 0.2) is 0 Å². The lowest BCUT2D eigenvalue weighted by atomic mass is 10.0. The quantitative estimate of drug-likeness (QED) is 0.849. The van der Waals surface area contributed by atoms with Gasteiger partial charge in [-0.05, 0) is 51.6 Å². The Bertz CT molecular complexity index is 325. The van der Waals surface area contributed by atoms with Crippen molar-refractivity contribution in [3.8, 4) is 0 Å². The van der Waals surface area contributed by atoms with Gasteiger partial charge < -0.3 is 15.1 Å². The number of nitrogens with one attached hydrogen (secondary N) is 1. The van der Waals surface area contributed by atoms with E-state index in [0.717, 1.165) is 32.0 Å². The van der Waals surface area contributed by atoms with E-state index in [1.165, 1.54) is 64.5 Å². The SMILES string of the molecule is O=C(NC1CCCC1)N1CCC(N2CCCCCC2)CC1. The summed E-state index contributed by atoms with van der Waals surface area (Å²) in [6, 6.07) is 1.36. The monoisotopic (exact) mass is 293 g/mol. The second-order valence-electron chi connectivity index (χ2n) is 7.10. The summed E-state index contributed by atoms with van der Waals surface area (Å²) in [5.74, 6) is 0. The van der Waals surface area contributed by atoms with Crippen LogP contribution in [0.4, 0.5) is 4.79 Å². The number of nitrogens with zero attached hydrogens (tertiary/aromatic N) is 2. The Kier molecular flexibility index (Phi) is 5.39. The van der Waals surface area contributed by atoms with Crippen LogP contribution in [0.2, 0.25) is 0 Å². The topological polar surface area (TPSA) is 35.6 Å². The van der Waals surface area contributed by atoms with E-state index in [4.69, 9.17) is 0 Å². The molecule has 1 aliphatic carbocycles. The van der Waals surface area contributed by atoms with E-state index >= 15 is 0 Å². The molecule has 0 aromatic rings. The molecular formula is C17H31N3O. The molecule has 0 radical (unpaired) electrons. The fraction of sp³-hybridized carbons (Fsp3) is 0.941. The van der Waals surface area contributed by atoms with Crippen molar-refractivity contribution >= 4 is 6.03 Å². The Morgan fingerprint density at radius 1 is 0.762 bits per heavy atom. The van der Waals surface area contributed by atoms with Gasteiger partial charge >= 0.3 is 6.03 Å². The molecule has 0 unspecified atom stereocenters. The molecule has 2 aliphatic heterocycles. The number of carbonyl (C=O) groups excluding carboxylic acids is 1. The lowest BCUT2D eigenvalue weighted by Crippen LogP contribution is -2.51. The minimum atomic E-state index is 0.191. The van der Waals surface area contributed by atoms with Gasteiger partial charge in [-0.1, -0.05) is 25.7 Å². The first-order valence-electron chi connectivity index (χ1n) is 9.12. The minimum absolute atomic E-state index is 0.191. The van der Waals surface area contributed by atoms with E-state index in [9.17, 15) is 4.79 Å². The predicted octanol–water partition coefficient (Wildman–Crippen LogP) is 2.98. The highest BCUT2D eigenvalue weighted by Gasteiger charge is 2.28. The van der Waals surface area contributed by atoms with Crippen molar-refractivity contribution in [3.63, 3.8) is 0 Å². The van der Waals surface area contributed by atoms with Crippen molar-refractivity contribution < 1.29 is 4.79 Å². The molecule has 1 saturated carbocycles. The maximum atomic E-state index is 12.3. The minimum Gasteiger partial charge on any atom is -0.335 e. The van der Waals surface area contributed by atoms with Gasteiger partial charge in [-0.25, -0.2) is 4.79 Å². The third-order valence-electron chi connectivity index (χ3n) is 5.59. The molecule has 120 valence electrons. The van der Waals surface area contributed by atoms with Crippen molar-refractivity contribution in [2.24, 2.45) is 0 Å². The van der Waals surface area contributed by atoms with Crippen LogP contribution in [0, 0.1) is 0 Å². The molecule has 0 aromatic carbocycles. The van der Waals surface area contributed by atoms with E-state index in [-0.39, 0.29) is 6.03 Å². The Hall–Kier alpha value is -0.770. The van der Waals surface area contributed by atoms with E-state index < -0.39 is 0 Å². The molecule has 4 heteroatoms. The van der Waals surface area contributed by atoms with Gasteiger partial charge in [-0.3, -0.25) is 0 Å². The first-order valence-corrected chi connectivity index (χ1v) is 9.12. The zero-order valence-electron chi connectivity index (χ0n) is 13.4. The molecule has 3 aliphatic rings. The van der Waals surface area contributed by atoms with Gasteiger partial charge in [-0.15, -0.1) is 0 Å². The van der Waals surface area contributed by atoms with Crippen LogP contribution in [0.15, 0.2) is 0 Å². The van der Waals surface area contributed by atoms with Crippen LogP contribution in [0.5, 0.6) is 0 Å². The number of amides is 2. The van der Waals surface area contributed by atoms with Crippen LogP contribution in [0.25, 0.3) is 0 Å². The summed E-state index contributed by atoms with van der Waals surface area (Å²) >= 11 is 0. The molecule has 4 nitrogen and oxygen atoms in total. The van der Waals surface area contributed by atoms with Crippen LogP contribution in [-0.2, 0) is 0 Å². The summed E-state index contributed by atoms with van der Waals surface area (Å²) in [6.45, 7) is 4.44. The Balaban J connectivity index is 1.42. The normalized spacial score (nSPS) is 26.8. The van der Waals surface area contributed by atoms with Crippen LogP contribution in [0.1, 0.15) is 64.2 Å². The number of hydrogen-bond acceptors (Lipinski definition) is 2. The van der Waals surface area contributed by atoms with Gasteiger partial charge in [0.2, 0.25) is 0 Å². The highest BCUT2D eigenvalue weighted by atomic mass is 16.2. The van der Waals surface area contributed by atoms with Crippen molar-refractivity contribution in [2.75, 3.05) is 26.2 Å². The molecule has 3 rings (SSSR count). The van der Waals surface area contributed by atoms with E-state index in [2.05, 4.69) is 10.2 Å². The maximum absolute atomic E-state index is 12.3. The third kappa shape index (κ3) is 4.12. The largest absolute Gasteiger partial charge is 0.335 e. The average molecular weight is 293 g/mol. The second kappa shape index (κ2) is 7.48. The van der Waals surface area contributed by atoms with E-state index in [0.29, 0.717) is 6.04 Å². The highest BCUT2D eigenvalue weighted by molar-refractivity contribution is 5.74.